The lowest BCUT2D eigenvalue weighted by atomic mass is 9.99. The van der Waals surface area contributed by atoms with Gasteiger partial charge in [0, 0.05) is 43.0 Å². The van der Waals surface area contributed by atoms with Gasteiger partial charge in [-0.05, 0) is 44.0 Å². The lowest BCUT2D eigenvalue weighted by Crippen LogP contribution is -2.48. The Hall–Kier alpha value is -3.14. The number of hydrogen-bond acceptors (Lipinski definition) is 7. The minimum atomic E-state index is -0.685. The third-order valence-electron chi connectivity index (χ3n) is 6.90. The van der Waals surface area contributed by atoms with Crippen LogP contribution >= 0.6 is 23.2 Å². The van der Waals surface area contributed by atoms with Gasteiger partial charge in [-0.1, -0.05) is 29.8 Å². The number of nitrogens with zero attached hydrogens (tertiary/aromatic N) is 3. The average Bonchev–Trinajstić information content (AvgIpc) is 3.19. The zero-order chi connectivity index (χ0) is 26.8. The first-order chi connectivity index (χ1) is 18.4. The highest BCUT2D eigenvalue weighted by Crippen LogP contribution is 2.41. The third kappa shape index (κ3) is 5.23. The minimum Gasteiger partial charge on any atom is -0.486 e. The summed E-state index contributed by atoms with van der Waals surface area (Å²) in [5, 5.41) is 3.52. The standard InChI is InChI=1S/C27H27Cl2FN4O4/c1-3-24(35)34-15-5-6-16(34)10-17(9-15)38-23-11-18-21(12-22(23)37-14-36-4-2)31-13-32-27(18)33-20-8-7-19(28)25(29)26(20)30/h3,7-8,11-13,15-17H,1,4-6,9-10,14H2,2H3,(H,31,32,33)/t15-,16+,17?. The van der Waals surface area contributed by atoms with Crippen molar-refractivity contribution in [1.29, 1.82) is 0 Å². The van der Waals surface area contributed by atoms with Crippen LogP contribution in [0.3, 0.4) is 0 Å². The van der Waals surface area contributed by atoms with Crippen LogP contribution in [-0.4, -0.2) is 52.4 Å². The summed E-state index contributed by atoms with van der Waals surface area (Å²) in [5.41, 5.74) is 0.683. The predicted molar refractivity (Wildman–Crippen MR) is 144 cm³/mol. The van der Waals surface area contributed by atoms with E-state index in [1.165, 1.54) is 24.5 Å². The molecule has 0 saturated carbocycles. The Bertz CT molecular complexity index is 1360. The number of carbonyl (C=O) groups is 1. The molecule has 3 aromatic rings. The van der Waals surface area contributed by atoms with Crippen LogP contribution < -0.4 is 14.8 Å². The molecular formula is C27H27Cl2FN4O4. The summed E-state index contributed by atoms with van der Waals surface area (Å²) in [6.07, 6.45) is 5.90. The number of aromatic nitrogens is 2. The van der Waals surface area contributed by atoms with E-state index in [-0.39, 0.29) is 46.6 Å². The Morgan fingerprint density at radius 1 is 1.21 bits per heavy atom. The van der Waals surface area contributed by atoms with E-state index in [2.05, 4.69) is 21.9 Å². The molecule has 11 heteroatoms. The van der Waals surface area contributed by atoms with Crippen LogP contribution in [0.5, 0.6) is 11.5 Å². The van der Waals surface area contributed by atoms with Crippen molar-refractivity contribution in [2.75, 3.05) is 18.7 Å². The summed E-state index contributed by atoms with van der Waals surface area (Å²) in [6.45, 7) is 6.06. The van der Waals surface area contributed by atoms with Crippen LogP contribution in [0.4, 0.5) is 15.9 Å². The van der Waals surface area contributed by atoms with Crippen molar-refractivity contribution in [2.24, 2.45) is 0 Å². The number of ether oxygens (including phenoxy) is 3. The second-order valence-corrected chi connectivity index (χ2v) is 9.97. The Morgan fingerprint density at radius 3 is 2.68 bits per heavy atom. The molecule has 2 aliphatic heterocycles. The Morgan fingerprint density at radius 2 is 1.97 bits per heavy atom. The zero-order valence-corrected chi connectivity index (χ0v) is 22.3. The molecule has 0 spiro atoms. The van der Waals surface area contributed by atoms with Crippen LogP contribution in [-0.2, 0) is 9.53 Å². The number of anilines is 2. The van der Waals surface area contributed by atoms with Gasteiger partial charge in [0.25, 0.3) is 0 Å². The van der Waals surface area contributed by atoms with Crippen molar-refractivity contribution in [1.82, 2.24) is 14.9 Å². The molecule has 2 aliphatic rings. The van der Waals surface area contributed by atoms with E-state index in [0.717, 1.165) is 12.8 Å². The largest absolute Gasteiger partial charge is 0.486 e. The number of fused-ring (bicyclic) bond motifs is 3. The molecule has 2 fully saturated rings. The molecule has 2 bridgehead atoms. The Balaban J connectivity index is 1.47. The van der Waals surface area contributed by atoms with Gasteiger partial charge >= 0.3 is 0 Å². The van der Waals surface area contributed by atoms with Crippen molar-refractivity contribution >= 4 is 51.5 Å². The SMILES string of the molecule is C=CC(=O)N1[C@@H]2CC[C@H]1CC(Oc1cc3c(Nc4ccc(Cl)c(Cl)c4F)ncnc3cc1OCOCC)C2. The molecule has 8 nitrogen and oxygen atoms in total. The molecule has 2 saturated heterocycles. The number of piperidine rings is 1. The summed E-state index contributed by atoms with van der Waals surface area (Å²) >= 11 is 11.9. The molecule has 1 aromatic heterocycles. The van der Waals surface area contributed by atoms with Crippen molar-refractivity contribution in [3.05, 3.63) is 59.1 Å². The number of hydrogen-bond donors (Lipinski definition) is 1. The summed E-state index contributed by atoms with van der Waals surface area (Å²) in [7, 11) is 0. The number of carbonyl (C=O) groups excluding carboxylic acids is 1. The minimum absolute atomic E-state index is 0.0372. The van der Waals surface area contributed by atoms with E-state index in [1.807, 2.05) is 11.8 Å². The van der Waals surface area contributed by atoms with Gasteiger partial charge in [-0.15, -0.1) is 0 Å². The summed E-state index contributed by atoms with van der Waals surface area (Å²) in [5.74, 6) is 0.589. The van der Waals surface area contributed by atoms with Gasteiger partial charge in [0.15, 0.2) is 24.1 Å². The Kier molecular flexibility index (Phi) is 7.88. The first-order valence-electron chi connectivity index (χ1n) is 12.4. The monoisotopic (exact) mass is 560 g/mol. The fraction of sp³-hybridized carbons (Fsp3) is 0.370. The Labute approximate surface area is 229 Å². The maximum absolute atomic E-state index is 14.8. The first kappa shape index (κ1) is 26.5. The van der Waals surface area contributed by atoms with Gasteiger partial charge in [0.1, 0.15) is 18.2 Å². The summed E-state index contributed by atoms with van der Waals surface area (Å²) in [4.78, 5) is 23.0. The van der Waals surface area contributed by atoms with Crippen molar-refractivity contribution < 1.29 is 23.4 Å². The highest BCUT2D eigenvalue weighted by molar-refractivity contribution is 6.42. The fourth-order valence-electron chi connectivity index (χ4n) is 5.18. The molecule has 5 rings (SSSR count). The smallest absolute Gasteiger partial charge is 0.246 e. The molecule has 0 aliphatic carbocycles. The normalized spacial score (nSPS) is 20.4. The quantitative estimate of drug-likeness (QED) is 0.143. The van der Waals surface area contributed by atoms with Gasteiger partial charge in [-0.2, -0.15) is 0 Å². The van der Waals surface area contributed by atoms with Gasteiger partial charge in [-0.3, -0.25) is 4.79 Å². The summed E-state index contributed by atoms with van der Waals surface area (Å²) < 4.78 is 32.5. The molecular weight excluding hydrogens is 534 g/mol. The lowest BCUT2D eigenvalue weighted by Gasteiger charge is -2.38. The summed E-state index contributed by atoms with van der Waals surface area (Å²) in [6, 6.07) is 6.73. The zero-order valence-electron chi connectivity index (χ0n) is 20.8. The van der Waals surface area contributed by atoms with Crippen molar-refractivity contribution in [3.8, 4) is 11.5 Å². The van der Waals surface area contributed by atoms with E-state index in [0.29, 0.717) is 47.7 Å². The van der Waals surface area contributed by atoms with E-state index in [9.17, 15) is 9.18 Å². The van der Waals surface area contributed by atoms with E-state index < -0.39 is 5.82 Å². The van der Waals surface area contributed by atoms with Gasteiger partial charge < -0.3 is 24.4 Å². The van der Waals surface area contributed by atoms with Crippen LogP contribution in [0.25, 0.3) is 10.9 Å². The predicted octanol–water partition coefficient (Wildman–Crippen LogP) is 6.28. The van der Waals surface area contributed by atoms with Crippen LogP contribution in [0.15, 0.2) is 43.2 Å². The first-order valence-corrected chi connectivity index (χ1v) is 13.2. The number of rotatable bonds is 9. The number of nitrogens with one attached hydrogen (secondary N) is 1. The number of amides is 1. The molecule has 200 valence electrons. The van der Waals surface area contributed by atoms with Gasteiger partial charge in [0.05, 0.1) is 21.2 Å². The molecule has 3 heterocycles. The second-order valence-electron chi connectivity index (χ2n) is 9.19. The van der Waals surface area contributed by atoms with E-state index in [4.69, 9.17) is 37.4 Å². The molecule has 1 amide bonds. The number of halogens is 3. The molecule has 2 aromatic carbocycles. The lowest BCUT2D eigenvalue weighted by molar-refractivity contribution is -0.131. The highest BCUT2D eigenvalue weighted by Gasteiger charge is 2.43. The van der Waals surface area contributed by atoms with Crippen LogP contribution in [0.1, 0.15) is 32.6 Å². The fourth-order valence-corrected chi connectivity index (χ4v) is 5.49. The molecule has 0 radical (unpaired) electrons. The topological polar surface area (TPSA) is 85.8 Å². The van der Waals surface area contributed by atoms with Crippen molar-refractivity contribution in [3.63, 3.8) is 0 Å². The maximum atomic E-state index is 14.8. The number of benzene rings is 2. The second kappa shape index (κ2) is 11.3. The van der Waals surface area contributed by atoms with Gasteiger partial charge in [-0.25, -0.2) is 14.4 Å². The maximum Gasteiger partial charge on any atom is 0.246 e. The van der Waals surface area contributed by atoms with E-state index in [1.54, 1.807) is 12.1 Å². The van der Waals surface area contributed by atoms with Crippen LogP contribution in [0, 0.1) is 5.82 Å². The molecule has 38 heavy (non-hydrogen) atoms. The third-order valence-corrected chi connectivity index (χ3v) is 7.68. The van der Waals surface area contributed by atoms with Gasteiger partial charge in [0.2, 0.25) is 5.91 Å². The molecule has 1 unspecified atom stereocenters. The van der Waals surface area contributed by atoms with Crippen molar-refractivity contribution in [2.45, 2.75) is 50.8 Å². The van der Waals surface area contributed by atoms with E-state index >= 15 is 0 Å². The highest BCUT2D eigenvalue weighted by atomic mass is 35.5. The molecule has 3 atom stereocenters. The van der Waals surface area contributed by atoms with Crippen LogP contribution in [0.2, 0.25) is 10.0 Å². The average molecular weight is 561 g/mol. The molecule has 1 N–H and O–H groups in total.